The molecule has 0 spiro atoms. The van der Waals surface area contributed by atoms with Crippen LogP contribution in [-0.2, 0) is 7.05 Å². The summed E-state index contributed by atoms with van der Waals surface area (Å²) in [5.41, 5.74) is 1.45. The molecule has 3 heterocycles. The Bertz CT molecular complexity index is 773. The summed E-state index contributed by atoms with van der Waals surface area (Å²) in [7, 11) is 1.83. The minimum Gasteiger partial charge on any atom is -0.279 e. The van der Waals surface area contributed by atoms with Gasteiger partial charge < -0.3 is 0 Å². The van der Waals surface area contributed by atoms with Gasteiger partial charge in [-0.3, -0.25) is 14.5 Å². The first kappa shape index (κ1) is 11.2. The van der Waals surface area contributed by atoms with Crippen LogP contribution in [0.2, 0.25) is 0 Å². The third kappa shape index (κ3) is 1.57. The largest absolute Gasteiger partial charge is 0.279 e. The topological polar surface area (TPSA) is 52.7 Å². The molecule has 18 heavy (non-hydrogen) atoms. The quantitative estimate of drug-likeness (QED) is 0.645. The number of hydrogen-bond acceptors (Lipinski definition) is 3. The molecule has 0 atom stereocenters. The van der Waals surface area contributed by atoms with E-state index in [1.54, 1.807) is 40.1 Å². The molecule has 0 radical (unpaired) electrons. The zero-order valence-corrected chi connectivity index (χ0v) is 11.1. The average Bonchev–Trinajstić information content (AvgIpc) is 2.64. The lowest BCUT2D eigenvalue weighted by molar-refractivity contribution is 0.663. The summed E-state index contributed by atoms with van der Waals surface area (Å²) >= 11 is 3.27. The van der Waals surface area contributed by atoms with Gasteiger partial charge in [0.25, 0.3) is 5.56 Å². The van der Waals surface area contributed by atoms with Crippen molar-refractivity contribution in [3.63, 3.8) is 0 Å². The smallest absolute Gasteiger partial charge is 0.279 e. The number of fused-ring (bicyclic) bond motifs is 1. The van der Waals surface area contributed by atoms with E-state index in [4.69, 9.17) is 0 Å². The van der Waals surface area contributed by atoms with Crippen LogP contribution >= 0.6 is 15.9 Å². The number of rotatable bonds is 1. The maximum absolute atomic E-state index is 12.3. The highest BCUT2D eigenvalue weighted by Crippen LogP contribution is 2.13. The molecule has 0 unspecified atom stereocenters. The Morgan fingerprint density at radius 1 is 1.22 bits per heavy atom. The summed E-state index contributed by atoms with van der Waals surface area (Å²) < 4.78 is 4.08. The van der Waals surface area contributed by atoms with E-state index in [1.807, 2.05) is 13.1 Å². The van der Waals surface area contributed by atoms with Gasteiger partial charge in [0, 0.05) is 13.2 Å². The first-order valence-electron chi connectivity index (χ1n) is 5.32. The molecule has 0 saturated carbocycles. The van der Waals surface area contributed by atoms with Crippen molar-refractivity contribution in [2.24, 2.45) is 7.05 Å². The van der Waals surface area contributed by atoms with Crippen molar-refractivity contribution in [2.45, 2.75) is 0 Å². The molecule has 3 rings (SSSR count). The molecule has 5 nitrogen and oxygen atoms in total. The number of aryl methyl sites for hydroxylation is 1. The number of aromatic nitrogens is 4. The van der Waals surface area contributed by atoms with Crippen LogP contribution in [0.3, 0.4) is 0 Å². The Balaban J connectivity index is 2.36. The number of halogens is 1. The zero-order valence-electron chi connectivity index (χ0n) is 9.54. The summed E-state index contributed by atoms with van der Waals surface area (Å²) in [6, 6.07) is 5.36. The van der Waals surface area contributed by atoms with Gasteiger partial charge in [-0.2, -0.15) is 0 Å². The average molecular weight is 305 g/mol. The van der Waals surface area contributed by atoms with E-state index in [0.717, 1.165) is 15.8 Å². The van der Waals surface area contributed by atoms with Crippen molar-refractivity contribution in [1.29, 1.82) is 0 Å². The number of pyridine rings is 2. The molecule has 0 aromatic carbocycles. The van der Waals surface area contributed by atoms with E-state index in [2.05, 4.69) is 25.9 Å². The van der Waals surface area contributed by atoms with Gasteiger partial charge in [-0.25, -0.2) is 9.67 Å². The predicted octanol–water partition coefficient (Wildman–Crippen LogP) is 1.88. The molecule has 0 fully saturated rings. The van der Waals surface area contributed by atoms with Gasteiger partial charge in [-0.1, -0.05) is 0 Å². The highest BCUT2D eigenvalue weighted by atomic mass is 79.9. The molecular weight excluding hydrogens is 296 g/mol. The molecule has 90 valence electrons. The van der Waals surface area contributed by atoms with Crippen LogP contribution in [0.5, 0.6) is 0 Å². The van der Waals surface area contributed by atoms with Crippen LogP contribution in [0.25, 0.3) is 16.6 Å². The molecule has 6 heteroatoms. The van der Waals surface area contributed by atoms with Crippen LogP contribution in [0.4, 0.5) is 0 Å². The van der Waals surface area contributed by atoms with E-state index >= 15 is 0 Å². The molecule has 0 aliphatic carbocycles. The van der Waals surface area contributed by atoms with Crippen LogP contribution in [0.15, 0.2) is 46.2 Å². The molecule has 0 amide bonds. The van der Waals surface area contributed by atoms with E-state index in [0.29, 0.717) is 5.39 Å². The molecule has 3 aromatic heterocycles. The normalized spacial score (nSPS) is 11.0. The minimum atomic E-state index is -0.0703. The monoisotopic (exact) mass is 304 g/mol. The predicted molar refractivity (Wildman–Crippen MR) is 71.8 cm³/mol. The zero-order chi connectivity index (χ0) is 12.7. The Morgan fingerprint density at radius 2 is 2.06 bits per heavy atom. The summed E-state index contributed by atoms with van der Waals surface area (Å²) in [5, 5.41) is 0.649. The van der Waals surface area contributed by atoms with Gasteiger partial charge in [0.15, 0.2) is 0 Å². The molecule has 3 aromatic rings. The van der Waals surface area contributed by atoms with Gasteiger partial charge in [-0.15, -0.1) is 0 Å². The second-order valence-corrected chi connectivity index (χ2v) is 4.68. The van der Waals surface area contributed by atoms with Crippen molar-refractivity contribution < 1.29 is 0 Å². The fourth-order valence-electron chi connectivity index (χ4n) is 1.97. The first-order chi connectivity index (χ1) is 8.68. The Morgan fingerprint density at radius 3 is 2.72 bits per heavy atom. The number of hydrogen-bond donors (Lipinski definition) is 0. The van der Waals surface area contributed by atoms with Crippen molar-refractivity contribution in [3.05, 3.63) is 51.7 Å². The minimum absolute atomic E-state index is 0.0703. The second-order valence-electron chi connectivity index (χ2n) is 3.87. The van der Waals surface area contributed by atoms with Crippen LogP contribution in [0.1, 0.15) is 0 Å². The molecule has 0 bridgehead atoms. The Labute approximate surface area is 111 Å². The first-order valence-corrected chi connectivity index (χ1v) is 6.11. The van der Waals surface area contributed by atoms with Crippen LogP contribution in [-0.4, -0.2) is 19.3 Å². The summed E-state index contributed by atoms with van der Waals surface area (Å²) in [6.45, 7) is 0. The lowest BCUT2D eigenvalue weighted by Crippen LogP contribution is -2.19. The summed E-state index contributed by atoms with van der Waals surface area (Å²) in [6.07, 6.45) is 4.95. The molecule has 0 aliphatic rings. The number of nitrogens with zero attached hydrogens (tertiary/aromatic N) is 4. The van der Waals surface area contributed by atoms with E-state index in [9.17, 15) is 4.79 Å². The van der Waals surface area contributed by atoms with Crippen molar-refractivity contribution >= 4 is 26.8 Å². The fraction of sp³-hybridized carbons (Fsp3) is 0.0833. The highest BCUT2D eigenvalue weighted by molar-refractivity contribution is 9.10. The highest BCUT2D eigenvalue weighted by Gasteiger charge is 2.11. The maximum Gasteiger partial charge on any atom is 0.279 e. The van der Waals surface area contributed by atoms with Crippen LogP contribution in [0, 0.1) is 0 Å². The third-order valence-electron chi connectivity index (χ3n) is 2.83. The van der Waals surface area contributed by atoms with Gasteiger partial charge in [0.2, 0.25) is 0 Å². The van der Waals surface area contributed by atoms with E-state index < -0.39 is 0 Å². The van der Waals surface area contributed by atoms with Crippen molar-refractivity contribution in [3.8, 4) is 5.69 Å². The molecule has 0 aliphatic heterocycles. The molecule has 0 saturated heterocycles. The van der Waals surface area contributed by atoms with Gasteiger partial charge in [0.05, 0.1) is 29.0 Å². The SMILES string of the molecule is Cn1c2cnccc2c(=O)n1-c1ccc(Br)nc1. The summed E-state index contributed by atoms with van der Waals surface area (Å²) in [5.74, 6) is 0. The van der Waals surface area contributed by atoms with Crippen molar-refractivity contribution in [2.75, 3.05) is 0 Å². The lowest BCUT2D eigenvalue weighted by Gasteiger charge is -2.06. The van der Waals surface area contributed by atoms with Crippen molar-refractivity contribution in [1.82, 2.24) is 19.3 Å². The Kier molecular flexibility index (Phi) is 2.52. The summed E-state index contributed by atoms with van der Waals surface area (Å²) in [4.78, 5) is 20.5. The lowest BCUT2D eigenvalue weighted by atomic mass is 10.3. The van der Waals surface area contributed by atoms with Gasteiger partial charge in [0.1, 0.15) is 4.60 Å². The maximum atomic E-state index is 12.3. The standard InChI is InChI=1S/C12H9BrN4O/c1-16-10-7-14-5-4-9(10)12(18)17(16)8-2-3-11(13)15-6-8/h2-7H,1H3. The second kappa shape index (κ2) is 4.06. The fourth-order valence-corrected chi connectivity index (χ4v) is 2.20. The molecular formula is C12H9BrN4O. The third-order valence-corrected chi connectivity index (χ3v) is 3.30. The van der Waals surface area contributed by atoms with Crippen LogP contribution < -0.4 is 5.56 Å². The van der Waals surface area contributed by atoms with E-state index in [-0.39, 0.29) is 5.56 Å². The van der Waals surface area contributed by atoms with Gasteiger partial charge >= 0.3 is 0 Å². The molecule has 0 N–H and O–H groups in total. The van der Waals surface area contributed by atoms with Gasteiger partial charge in [-0.05, 0) is 34.1 Å². The Hall–Kier alpha value is -1.95. The van der Waals surface area contributed by atoms with E-state index in [1.165, 1.54) is 0 Å².